The molecule has 0 amide bonds. The van der Waals surface area contributed by atoms with E-state index in [1.165, 1.54) is 58.8 Å². The third-order valence-electron chi connectivity index (χ3n) is 12.1. The summed E-state index contributed by atoms with van der Waals surface area (Å²) < 4.78 is 40.3. The first-order valence-corrected chi connectivity index (χ1v) is 21.9. The lowest BCUT2D eigenvalue weighted by Crippen LogP contribution is -2.45. The SMILES string of the molecule is CCC1(COCCCCCOCc2ccc3sc4ccc5c6cc(COCCCCCOCC7(CC)COC7)ccc6n(-c6ccccc6)c5c4c3c2)COC1. The molecule has 4 heterocycles. The Kier molecular flexibility index (Phi) is 13.0. The second-order valence-electron chi connectivity index (χ2n) is 16.3. The van der Waals surface area contributed by atoms with Crippen LogP contribution >= 0.6 is 11.3 Å². The van der Waals surface area contributed by atoms with Gasteiger partial charge in [0, 0.05) is 73.9 Å². The van der Waals surface area contributed by atoms with E-state index in [9.17, 15) is 0 Å². The molecule has 6 aromatic rings. The monoisotopic (exact) mass is 777 g/mol. The highest BCUT2D eigenvalue weighted by Crippen LogP contribution is 2.43. The fourth-order valence-corrected chi connectivity index (χ4v) is 9.26. The van der Waals surface area contributed by atoms with Crippen molar-refractivity contribution in [3.05, 3.63) is 90.0 Å². The number of hydrogen-bond acceptors (Lipinski definition) is 7. The van der Waals surface area contributed by atoms with Crippen molar-refractivity contribution >= 4 is 53.3 Å². The first-order valence-electron chi connectivity index (χ1n) is 21.0. The topological polar surface area (TPSA) is 60.3 Å². The van der Waals surface area contributed by atoms with Gasteiger partial charge in [0.25, 0.3) is 0 Å². The van der Waals surface area contributed by atoms with Crippen LogP contribution in [0.4, 0.5) is 0 Å². The number of nitrogens with zero attached hydrogens (tertiary/aromatic N) is 1. The van der Waals surface area contributed by atoms with E-state index in [0.29, 0.717) is 13.2 Å². The van der Waals surface area contributed by atoms with Crippen LogP contribution < -0.4 is 0 Å². The van der Waals surface area contributed by atoms with Crippen molar-refractivity contribution in [3.63, 3.8) is 0 Å². The third-order valence-corrected chi connectivity index (χ3v) is 13.3. The van der Waals surface area contributed by atoms with E-state index in [4.69, 9.17) is 28.4 Å². The number of benzene rings is 4. The number of fused-ring (bicyclic) bond motifs is 7. The van der Waals surface area contributed by atoms with Crippen LogP contribution in [0.5, 0.6) is 0 Å². The Labute approximate surface area is 336 Å². The van der Waals surface area contributed by atoms with Crippen molar-refractivity contribution in [3.8, 4) is 5.69 Å². The number of ether oxygens (including phenoxy) is 6. The summed E-state index contributed by atoms with van der Waals surface area (Å²) in [5.41, 5.74) is 6.60. The molecule has 0 N–H and O–H groups in total. The van der Waals surface area contributed by atoms with E-state index in [1.807, 2.05) is 11.3 Å². The smallest absolute Gasteiger partial charge is 0.0717 e. The molecule has 0 unspecified atom stereocenters. The van der Waals surface area contributed by atoms with Crippen LogP contribution in [0.1, 0.15) is 76.3 Å². The molecule has 7 nitrogen and oxygen atoms in total. The van der Waals surface area contributed by atoms with Gasteiger partial charge in [-0.3, -0.25) is 0 Å². The summed E-state index contributed by atoms with van der Waals surface area (Å²) in [5, 5.41) is 5.14. The molecule has 2 aliphatic heterocycles. The van der Waals surface area contributed by atoms with E-state index in [1.54, 1.807) is 0 Å². The Morgan fingerprint density at radius 2 is 1.12 bits per heavy atom. The van der Waals surface area contributed by atoms with E-state index >= 15 is 0 Å². The fraction of sp³-hybridized carbons (Fsp3) is 0.500. The zero-order chi connectivity index (χ0) is 38.2. The van der Waals surface area contributed by atoms with Crippen molar-refractivity contribution < 1.29 is 28.4 Å². The molecule has 8 heteroatoms. The lowest BCUT2D eigenvalue weighted by Gasteiger charge is -2.40. The fourth-order valence-electron chi connectivity index (χ4n) is 8.17. The Morgan fingerprint density at radius 3 is 1.70 bits per heavy atom. The maximum absolute atomic E-state index is 6.21. The molecule has 0 spiro atoms. The number of unbranched alkanes of at least 4 members (excludes halogenated alkanes) is 4. The molecular formula is C48H59NO6S. The van der Waals surface area contributed by atoms with Gasteiger partial charge in [0.1, 0.15) is 0 Å². The Balaban J connectivity index is 0.917. The van der Waals surface area contributed by atoms with Gasteiger partial charge < -0.3 is 33.0 Å². The van der Waals surface area contributed by atoms with Crippen molar-refractivity contribution in [2.24, 2.45) is 10.8 Å². The predicted octanol–water partition coefficient (Wildman–Crippen LogP) is 11.4. The molecule has 0 saturated carbocycles. The van der Waals surface area contributed by atoms with Gasteiger partial charge in [-0.1, -0.05) is 50.2 Å². The normalized spacial score (nSPS) is 16.2. The van der Waals surface area contributed by atoms with Gasteiger partial charge in [-0.15, -0.1) is 11.3 Å². The molecule has 8 rings (SSSR count). The highest BCUT2D eigenvalue weighted by molar-refractivity contribution is 7.26. The second-order valence-corrected chi connectivity index (χ2v) is 17.4. The molecule has 2 aliphatic rings. The summed E-state index contributed by atoms with van der Waals surface area (Å²) >= 11 is 1.87. The molecule has 0 radical (unpaired) electrons. The Morgan fingerprint density at radius 1 is 0.571 bits per heavy atom. The minimum absolute atomic E-state index is 0.265. The van der Waals surface area contributed by atoms with Gasteiger partial charge in [-0.25, -0.2) is 0 Å². The summed E-state index contributed by atoms with van der Waals surface area (Å²) in [6, 6.07) is 29.2. The van der Waals surface area contributed by atoms with Crippen LogP contribution in [0, 0.1) is 10.8 Å². The van der Waals surface area contributed by atoms with Crippen LogP contribution in [-0.2, 0) is 41.6 Å². The van der Waals surface area contributed by atoms with Crippen LogP contribution in [-0.4, -0.2) is 70.6 Å². The maximum atomic E-state index is 6.21. The number of aromatic nitrogens is 1. The molecule has 4 aromatic carbocycles. The first-order chi connectivity index (χ1) is 27.6. The molecule has 298 valence electrons. The molecule has 2 fully saturated rings. The molecule has 0 bridgehead atoms. The van der Waals surface area contributed by atoms with Gasteiger partial charge >= 0.3 is 0 Å². The number of para-hydroxylation sites is 1. The summed E-state index contributed by atoms with van der Waals surface area (Å²) in [4.78, 5) is 0. The second kappa shape index (κ2) is 18.5. The van der Waals surface area contributed by atoms with E-state index in [-0.39, 0.29) is 10.8 Å². The van der Waals surface area contributed by atoms with Gasteiger partial charge in [0.05, 0.1) is 63.9 Å². The number of thiophene rings is 1. The summed E-state index contributed by atoms with van der Waals surface area (Å²) in [6.07, 6.45) is 8.72. The molecule has 2 aromatic heterocycles. The lowest BCUT2D eigenvalue weighted by atomic mass is 9.84. The van der Waals surface area contributed by atoms with Crippen molar-refractivity contribution in [2.45, 2.75) is 78.4 Å². The summed E-state index contributed by atoms with van der Waals surface area (Å²) in [6.45, 7) is 13.9. The van der Waals surface area contributed by atoms with Crippen molar-refractivity contribution in [1.82, 2.24) is 4.57 Å². The van der Waals surface area contributed by atoms with Gasteiger partial charge in [0.2, 0.25) is 0 Å². The van der Waals surface area contributed by atoms with Crippen molar-refractivity contribution in [2.75, 3.05) is 66.1 Å². The largest absolute Gasteiger partial charge is 0.381 e. The summed E-state index contributed by atoms with van der Waals surface area (Å²) in [5.74, 6) is 0. The van der Waals surface area contributed by atoms with Crippen LogP contribution in [0.3, 0.4) is 0 Å². The Bertz CT molecular complexity index is 2170. The first kappa shape index (κ1) is 39.5. The highest BCUT2D eigenvalue weighted by Gasteiger charge is 2.37. The van der Waals surface area contributed by atoms with Gasteiger partial charge in [-0.2, -0.15) is 0 Å². The highest BCUT2D eigenvalue weighted by atomic mass is 32.1. The van der Waals surface area contributed by atoms with E-state index < -0.39 is 0 Å². The molecule has 0 aliphatic carbocycles. The average molecular weight is 778 g/mol. The zero-order valence-electron chi connectivity index (χ0n) is 33.5. The minimum Gasteiger partial charge on any atom is -0.381 e. The summed E-state index contributed by atoms with van der Waals surface area (Å²) in [7, 11) is 0. The van der Waals surface area contributed by atoms with E-state index in [0.717, 1.165) is 117 Å². The third kappa shape index (κ3) is 8.73. The lowest BCUT2D eigenvalue weighted by molar-refractivity contribution is -0.150. The quantitative estimate of drug-likeness (QED) is 0.0604. The van der Waals surface area contributed by atoms with Gasteiger partial charge in [-0.05, 0) is 105 Å². The number of hydrogen-bond donors (Lipinski definition) is 0. The van der Waals surface area contributed by atoms with Crippen LogP contribution in [0.15, 0.2) is 78.9 Å². The molecule has 0 atom stereocenters. The Hall–Kier alpha value is -3.34. The van der Waals surface area contributed by atoms with Crippen molar-refractivity contribution in [1.29, 1.82) is 0 Å². The minimum atomic E-state index is 0.265. The van der Waals surface area contributed by atoms with Crippen LogP contribution in [0.25, 0.3) is 47.7 Å². The standard InChI is InChI=1S/C48H59NO6S/c1-3-47(32-54-33-47)30-52-24-12-6-10-22-50-28-36-16-19-42-40(26-36)39-18-21-44-45(46(39)49(42)38-14-8-5-9-15-38)41-27-37(17-20-43(41)56-44)29-51-23-11-7-13-25-53-31-48(4-2)34-55-35-48/h5,8-9,14-21,26-27H,3-4,6-7,10-13,22-25,28-35H2,1-2H3. The maximum Gasteiger partial charge on any atom is 0.0717 e. The van der Waals surface area contributed by atoms with E-state index in [2.05, 4.69) is 97.3 Å². The number of rotatable bonds is 23. The average Bonchev–Trinajstić information content (AvgIpc) is 3.73. The molecular weight excluding hydrogens is 719 g/mol. The molecule has 56 heavy (non-hydrogen) atoms. The van der Waals surface area contributed by atoms with Crippen LogP contribution in [0.2, 0.25) is 0 Å². The van der Waals surface area contributed by atoms with Gasteiger partial charge in [0.15, 0.2) is 0 Å². The predicted molar refractivity (Wildman–Crippen MR) is 229 cm³/mol. The zero-order valence-corrected chi connectivity index (χ0v) is 34.3. The molecule has 2 saturated heterocycles.